The van der Waals surface area contributed by atoms with Gasteiger partial charge in [0.05, 0.1) is 0 Å². The summed E-state index contributed by atoms with van der Waals surface area (Å²) in [6, 6.07) is 16.0. The highest BCUT2D eigenvalue weighted by atomic mass is 19.4. The highest BCUT2D eigenvalue weighted by Gasteiger charge is 2.28. The molecule has 2 amide bonds. The van der Waals surface area contributed by atoms with E-state index >= 15 is 0 Å². The number of rotatable bonds is 6. The van der Waals surface area contributed by atoms with Crippen molar-refractivity contribution in [1.29, 1.82) is 0 Å². The second-order valence-corrected chi connectivity index (χ2v) is 6.93. The number of halogens is 3. The van der Waals surface area contributed by atoms with Gasteiger partial charge >= 0.3 is 12.2 Å². The van der Waals surface area contributed by atoms with Gasteiger partial charge in [0.1, 0.15) is 5.75 Å². The molecule has 2 aromatic carbocycles. The topological polar surface area (TPSA) is 44.8 Å². The molecule has 1 N–H and O–H groups in total. The number of ether oxygens (including phenoxy) is 1. The van der Waals surface area contributed by atoms with Crippen LogP contribution in [0.25, 0.3) is 0 Å². The number of nitrogens with zero attached hydrogens (tertiary/aromatic N) is 2. The number of alkyl halides is 3. The van der Waals surface area contributed by atoms with Crippen molar-refractivity contribution in [2.75, 3.05) is 44.6 Å². The summed E-state index contributed by atoms with van der Waals surface area (Å²) >= 11 is 0. The molecule has 0 atom stereocenters. The van der Waals surface area contributed by atoms with E-state index in [1.54, 1.807) is 17.0 Å². The summed E-state index contributed by atoms with van der Waals surface area (Å²) in [5.41, 5.74) is 1.70. The Balaban J connectivity index is 1.44. The van der Waals surface area contributed by atoms with Gasteiger partial charge in [0.2, 0.25) is 0 Å². The summed E-state index contributed by atoms with van der Waals surface area (Å²) in [7, 11) is 0. The Morgan fingerprint density at radius 1 is 1.00 bits per heavy atom. The molecular formula is C21H24F3N3O2. The highest BCUT2D eigenvalue weighted by Crippen LogP contribution is 2.21. The van der Waals surface area contributed by atoms with Gasteiger partial charge in [-0.1, -0.05) is 36.4 Å². The van der Waals surface area contributed by atoms with Gasteiger partial charge in [-0.15, -0.1) is 0 Å². The Hall–Kier alpha value is -2.74. The molecule has 0 spiro atoms. The lowest BCUT2D eigenvalue weighted by atomic mass is 10.1. The molecule has 0 saturated carbocycles. The maximum Gasteiger partial charge on any atom is 0.422 e. The molecule has 156 valence electrons. The lowest BCUT2D eigenvalue weighted by molar-refractivity contribution is -0.153. The van der Waals surface area contributed by atoms with Gasteiger partial charge in [-0.05, 0) is 24.1 Å². The Morgan fingerprint density at radius 2 is 1.72 bits per heavy atom. The van der Waals surface area contributed by atoms with Gasteiger partial charge in [0.15, 0.2) is 6.61 Å². The molecule has 0 aliphatic carbocycles. The van der Waals surface area contributed by atoms with Crippen molar-refractivity contribution in [2.24, 2.45) is 0 Å². The lowest BCUT2D eigenvalue weighted by Crippen LogP contribution is -2.50. The van der Waals surface area contributed by atoms with E-state index in [2.05, 4.69) is 22.3 Å². The summed E-state index contributed by atoms with van der Waals surface area (Å²) in [6.45, 7) is 2.35. The average molecular weight is 407 g/mol. The third-order valence-electron chi connectivity index (χ3n) is 4.71. The fourth-order valence-corrected chi connectivity index (χ4v) is 3.14. The van der Waals surface area contributed by atoms with Crippen LogP contribution in [0.4, 0.5) is 23.7 Å². The molecule has 0 unspecified atom stereocenters. The van der Waals surface area contributed by atoms with Crippen LogP contribution in [-0.4, -0.2) is 61.3 Å². The number of amides is 2. The molecule has 0 aromatic heterocycles. The first-order valence-electron chi connectivity index (χ1n) is 9.51. The number of nitrogens with one attached hydrogen (secondary N) is 1. The van der Waals surface area contributed by atoms with Crippen LogP contribution in [0.3, 0.4) is 0 Å². The second-order valence-electron chi connectivity index (χ2n) is 6.93. The van der Waals surface area contributed by atoms with Gasteiger partial charge in [-0.25, -0.2) is 4.79 Å². The summed E-state index contributed by atoms with van der Waals surface area (Å²) in [5, 5.41) is 2.73. The first-order valence-corrected chi connectivity index (χ1v) is 9.51. The minimum absolute atomic E-state index is 0.0610. The number of anilines is 1. The lowest BCUT2D eigenvalue weighted by Gasteiger charge is -2.34. The Labute approximate surface area is 168 Å². The number of carbonyl (C=O) groups is 1. The summed E-state index contributed by atoms with van der Waals surface area (Å²) < 4.78 is 41.5. The van der Waals surface area contributed by atoms with Crippen LogP contribution in [0.5, 0.6) is 5.75 Å². The van der Waals surface area contributed by atoms with Crippen LogP contribution in [0.1, 0.15) is 5.56 Å². The first-order chi connectivity index (χ1) is 13.9. The smallest absolute Gasteiger partial charge is 0.422 e. The molecular weight excluding hydrogens is 383 g/mol. The number of hydrogen-bond acceptors (Lipinski definition) is 3. The summed E-state index contributed by atoms with van der Waals surface area (Å²) in [5.74, 6) is 0.0610. The van der Waals surface area contributed by atoms with Crippen LogP contribution in [0.2, 0.25) is 0 Å². The van der Waals surface area contributed by atoms with Crippen molar-refractivity contribution in [3.8, 4) is 5.75 Å². The Kier molecular flexibility index (Phi) is 6.98. The predicted octanol–water partition coefficient (Wildman–Crippen LogP) is 4.02. The molecule has 1 heterocycles. The molecule has 0 bridgehead atoms. The molecule has 5 nitrogen and oxygen atoms in total. The van der Waals surface area contributed by atoms with Gasteiger partial charge < -0.3 is 15.0 Å². The van der Waals surface area contributed by atoms with E-state index in [-0.39, 0.29) is 11.8 Å². The predicted molar refractivity (Wildman–Crippen MR) is 105 cm³/mol. The van der Waals surface area contributed by atoms with Gasteiger partial charge in [-0.2, -0.15) is 13.2 Å². The van der Waals surface area contributed by atoms with Crippen molar-refractivity contribution in [3.63, 3.8) is 0 Å². The largest absolute Gasteiger partial charge is 0.484 e. The summed E-state index contributed by atoms with van der Waals surface area (Å²) in [4.78, 5) is 16.5. The third-order valence-corrected chi connectivity index (χ3v) is 4.71. The maximum atomic E-state index is 12.5. The Bertz CT molecular complexity index is 791. The second kappa shape index (κ2) is 9.65. The average Bonchev–Trinajstić information content (AvgIpc) is 2.72. The van der Waals surface area contributed by atoms with Crippen molar-refractivity contribution in [3.05, 3.63) is 60.2 Å². The normalized spacial score (nSPS) is 15.2. The van der Waals surface area contributed by atoms with Crippen molar-refractivity contribution >= 4 is 11.7 Å². The van der Waals surface area contributed by atoms with E-state index in [1.807, 2.05) is 18.2 Å². The van der Waals surface area contributed by atoms with E-state index in [0.717, 1.165) is 26.1 Å². The number of piperazine rings is 1. The number of benzene rings is 2. The van der Waals surface area contributed by atoms with E-state index in [1.165, 1.54) is 17.7 Å². The van der Waals surface area contributed by atoms with E-state index < -0.39 is 12.8 Å². The maximum absolute atomic E-state index is 12.5. The zero-order chi connectivity index (χ0) is 20.7. The molecule has 8 heteroatoms. The molecule has 29 heavy (non-hydrogen) atoms. The standard InChI is InChI=1S/C21H24F3N3O2/c22-21(23,24)16-29-19-8-4-7-18(15-19)25-20(28)27-13-11-26(12-14-27)10-9-17-5-2-1-3-6-17/h1-8,15H,9-14,16H2,(H,25,28). The van der Waals surface area contributed by atoms with Gasteiger partial charge in [0.25, 0.3) is 0 Å². The molecule has 1 saturated heterocycles. The molecule has 2 aromatic rings. The van der Waals surface area contributed by atoms with Crippen molar-refractivity contribution in [2.45, 2.75) is 12.6 Å². The zero-order valence-corrected chi connectivity index (χ0v) is 16.0. The molecule has 0 radical (unpaired) electrons. The summed E-state index contributed by atoms with van der Waals surface area (Å²) in [6.07, 6.45) is -3.43. The van der Waals surface area contributed by atoms with Gasteiger partial charge in [0, 0.05) is 44.5 Å². The minimum atomic E-state index is -4.40. The fourth-order valence-electron chi connectivity index (χ4n) is 3.14. The number of urea groups is 1. The van der Waals surface area contributed by atoms with Crippen LogP contribution in [-0.2, 0) is 6.42 Å². The molecule has 1 aliphatic heterocycles. The number of carbonyl (C=O) groups excluding carboxylic acids is 1. The van der Waals surface area contributed by atoms with Crippen LogP contribution in [0, 0.1) is 0 Å². The zero-order valence-electron chi connectivity index (χ0n) is 16.0. The van der Waals surface area contributed by atoms with Crippen LogP contribution in [0.15, 0.2) is 54.6 Å². The fraction of sp³-hybridized carbons (Fsp3) is 0.381. The minimum Gasteiger partial charge on any atom is -0.484 e. The van der Waals surface area contributed by atoms with E-state index in [9.17, 15) is 18.0 Å². The van der Waals surface area contributed by atoms with Crippen molar-refractivity contribution in [1.82, 2.24) is 9.80 Å². The molecule has 3 rings (SSSR count). The van der Waals surface area contributed by atoms with Crippen LogP contribution < -0.4 is 10.1 Å². The monoisotopic (exact) mass is 407 g/mol. The number of hydrogen-bond donors (Lipinski definition) is 1. The van der Waals surface area contributed by atoms with Crippen molar-refractivity contribution < 1.29 is 22.7 Å². The quantitative estimate of drug-likeness (QED) is 0.787. The third kappa shape index (κ3) is 6.98. The van der Waals surface area contributed by atoms with Crippen LogP contribution >= 0.6 is 0 Å². The van der Waals surface area contributed by atoms with Gasteiger partial charge in [-0.3, -0.25) is 4.90 Å². The highest BCUT2D eigenvalue weighted by molar-refractivity contribution is 5.89. The first kappa shape index (κ1) is 21.0. The van der Waals surface area contributed by atoms with E-state index in [4.69, 9.17) is 4.74 Å². The molecule has 1 aliphatic rings. The van der Waals surface area contributed by atoms with E-state index in [0.29, 0.717) is 18.8 Å². The molecule has 1 fully saturated rings. The SMILES string of the molecule is O=C(Nc1cccc(OCC(F)(F)F)c1)N1CCN(CCc2ccccc2)CC1. The Morgan fingerprint density at radius 3 is 2.41 bits per heavy atom.